The fourth-order valence-corrected chi connectivity index (χ4v) is 4.06. The number of nitrogens with zero attached hydrogens (tertiary/aromatic N) is 1. The number of ether oxygens (including phenoxy) is 2. The minimum atomic E-state index is -0.628. The molecule has 23 heavy (non-hydrogen) atoms. The smallest absolute Gasteiger partial charge is 0.306 e. The number of carboxylic acid groups (broad SMARTS) is 1. The molecule has 1 saturated carbocycles. The second-order valence-corrected chi connectivity index (χ2v) is 6.86. The maximum absolute atomic E-state index is 11.0. The molecule has 0 radical (unpaired) electrons. The maximum atomic E-state index is 11.0. The van der Waals surface area contributed by atoms with Crippen LogP contribution in [0.4, 0.5) is 0 Å². The summed E-state index contributed by atoms with van der Waals surface area (Å²) in [5.74, 6) is 0.978. The molecule has 0 aromatic heterocycles. The first-order valence-corrected chi connectivity index (χ1v) is 8.22. The van der Waals surface area contributed by atoms with Gasteiger partial charge < -0.3 is 14.6 Å². The van der Waals surface area contributed by atoms with Crippen molar-refractivity contribution in [2.45, 2.75) is 32.2 Å². The molecule has 0 atom stereocenters. The summed E-state index contributed by atoms with van der Waals surface area (Å²) in [5.41, 5.74) is 1.37. The van der Waals surface area contributed by atoms with E-state index in [0.29, 0.717) is 0 Å². The third kappa shape index (κ3) is 3.15. The number of benzene rings is 1. The van der Waals surface area contributed by atoms with Crippen molar-refractivity contribution < 1.29 is 19.4 Å². The third-order valence-electron chi connectivity index (χ3n) is 5.54. The summed E-state index contributed by atoms with van der Waals surface area (Å²) in [5, 5.41) is 9.07. The highest BCUT2D eigenvalue weighted by Crippen LogP contribution is 2.52. The van der Waals surface area contributed by atoms with Crippen molar-refractivity contribution >= 4 is 5.97 Å². The van der Waals surface area contributed by atoms with Gasteiger partial charge in [0.1, 0.15) is 11.5 Å². The molecule has 1 spiro atoms. The molecule has 1 saturated heterocycles. The Morgan fingerprint density at radius 2 is 1.78 bits per heavy atom. The standard InChI is InChI=1S/C18H25NO4/c1-22-15-4-3-5-16(23-2)14(15)12-19-8-6-18(7-9-19)10-13(11-18)17(20)21/h3-5,13H,6-12H2,1-2H3,(H,20,21). The number of rotatable bonds is 5. The number of carboxylic acids is 1. The molecule has 1 N–H and O–H groups in total. The van der Waals surface area contributed by atoms with E-state index in [1.165, 1.54) is 0 Å². The zero-order chi connectivity index (χ0) is 16.4. The van der Waals surface area contributed by atoms with Crippen LogP contribution in [0.1, 0.15) is 31.2 Å². The largest absolute Gasteiger partial charge is 0.496 e. The first-order valence-electron chi connectivity index (χ1n) is 8.22. The average Bonchev–Trinajstić information content (AvgIpc) is 2.53. The Morgan fingerprint density at radius 3 is 2.26 bits per heavy atom. The van der Waals surface area contributed by atoms with Crippen LogP contribution in [-0.4, -0.2) is 43.3 Å². The lowest BCUT2D eigenvalue weighted by molar-refractivity contribution is -0.152. The van der Waals surface area contributed by atoms with E-state index in [4.69, 9.17) is 14.6 Å². The van der Waals surface area contributed by atoms with E-state index < -0.39 is 5.97 Å². The lowest BCUT2D eigenvalue weighted by Gasteiger charge is -2.51. The molecular formula is C18H25NO4. The zero-order valence-electron chi connectivity index (χ0n) is 13.9. The Balaban J connectivity index is 1.61. The van der Waals surface area contributed by atoms with E-state index in [9.17, 15) is 4.79 Å². The van der Waals surface area contributed by atoms with E-state index in [0.717, 1.165) is 62.4 Å². The first-order chi connectivity index (χ1) is 11.1. The van der Waals surface area contributed by atoms with E-state index in [-0.39, 0.29) is 11.3 Å². The summed E-state index contributed by atoms with van der Waals surface area (Å²) in [4.78, 5) is 13.4. The predicted molar refractivity (Wildman–Crippen MR) is 86.8 cm³/mol. The number of carbonyl (C=O) groups is 1. The molecule has 3 rings (SSSR count). The minimum Gasteiger partial charge on any atom is -0.496 e. The number of hydrogen-bond donors (Lipinski definition) is 1. The Hall–Kier alpha value is -1.75. The van der Waals surface area contributed by atoms with Crippen molar-refractivity contribution in [3.8, 4) is 11.5 Å². The van der Waals surface area contributed by atoms with Crippen molar-refractivity contribution in [2.75, 3.05) is 27.3 Å². The fraction of sp³-hybridized carbons (Fsp3) is 0.611. The summed E-state index contributed by atoms with van der Waals surface area (Å²) in [6.45, 7) is 2.83. The fourth-order valence-electron chi connectivity index (χ4n) is 4.06. The van der Waals surface area contributed by atoms with Gasteiger partial charge in [-0.25, -0.2) is 0 Å². The monoisotopic (exact) mass is 319 g/mol. The van der Waals surface area contributed by atoms with Gasteiger partial charge in [0.05, 0.1) is 25.7 Å². The molecule has 126 valence electrons. The summed E-state index contributed by atoms with van der Waals surface area (Å²) >= 11 is 0. The molecule has 2 fully saturated rings. The van der Waals surface area contributed by atoms with Crippen LogP contribution >= 0.6 is 0 Å². The molecular weight excluding hydrogens is 294 g/mol. The average molecular weight is 319 g/mol. The van der Waals surface area contributed by atoms with Gasteiger partial charge in [-0.2, -0.15) is 0 Å². The van der Waals surface area contributed by atoms with Crippen LogP contribution in [-0.2, 0) is 11.3 Å². The van der Waals surface area contributed by atoms with E-state index in [1.54, 1.807) is 14.2 Å². The van der Waals surface area contributed by atoms with E-state index in [2.05, 4.69) is 4.90 Å². The van der Waals surface area contributed by atoms with Crippen molar-refractivity contribution in [2.24, 2.45) is 11.3 Å². The first kappa shape index (κ1) is 16.1. The molecule has 0 bridgehead atoms. The molecule has 0 amide bonds. The van der Waals surface area contributed by atoms with Crippen LogP contribution in [0, 0.1) is 11.3 Å². The van der Waals surface area contributed by atoms with Gasteiger partial charge in [0, 0.05) is 6.54 Å². The Bertz CT molecular complexity index is 548. The van der Waals surface area contributed by atoms with Crippen LogP contribution in [0.5, 0.6) is 11.5 Å². The van der Waals surface area contributed by atoms with Crippen molar-refractivity contribution in [1.29, 1.82) is 0 Å². The van der Waals surface area contributed by atoms with Crippen LogP contribution in [0.2, 0.25) is 0 Å². The topological polar surface area (TPSA) is 59.0 Å². The normalized spacial score (nSPS) is 21.0. The van der Waals surface area contributed by atoms with Crippen LogP contribution in [0.15, 0.2) is 18.2 Å². The second-order valence-electron chi connectivity index (χ2n) is 6.86. The van der Waals surface area contributed by atoms with Crippen molar-refractivity contribution in [3.05, 3.63) is 23.8 Å². The summed E-state index contributed by atoms with van der Waals surface area (Å²) in [7, 11) is 3.37. The van der Waals surface area contributed by atoms with Gasteiger partial charge in [0.15, 0.2) is 0 Å². The molecule has 0 unspecified atom stereocenters. The van der Waals surface area contributed by atoms with Gasteiger partial charge in [-0.15, -0.1) is 0 Å². The number of likely N-dealkylation sites (tertiary alicyclic amines) is 1. The summed E-state index contributed by atoms with van der Waals surface area (Å²) < 4.78 is 10.9. The quantitative estimate of drug-likeness (QED) is 0.904. The predicted octanol–water partition coefficient (Wildman–Crippen LogP) is 2.78. The van der Waals surface area contributed by atoms with Crippen LogP contribution < -0.4 is 9.47 Å². The SMILES string of the molecule is COc1cccc(OC)c1CN1CCC2(CC1)CC(C(=O)O)C2. The Kier molecular flexibility index (Phi) is 4.48. The van der Waals surface area contributed by atoms with E-state index >= 15 is 0 Å². The number of hydrogen-bond acceptors (Lipinski definition) is 4. The minimum absolute atomic E-state index is 0.115. The van der Waals surface area contributed by atoms with Gasteiger partial charge in [-0.3, -0.25) is 9.69 Å². The Morgan fingerprint density at radius 1 is 1.22 bits per heavy atom. The summed E-state index contributed by atoms with van der Waals surface area (Å²) in [6, 6.07) is 5.87. The highest BCUT2D eigenvalue weighted by Gasteiger charge is 2.48. The number of piperidine rings is 1. The third-order valence-corrected chi connectivity index (χ3v) is 5.54. The molecule has 2 aliphatic rings. The summed E-state index contributed by atoms with van der Waals surface area (Å²) in [6.07, 6.45) is 3.89. The Labute approximate surface area is 137 Å². The molecule has 1 aromatic rings. The van der Waals surface area contributed by atoms with Crippen LogP contribution in [0.25, 0.3) is 0 Å². The van der Waals surface area contributed by atoms with Crippen molar-refractivity contribution in [3.63, 3.8) is 0 Å². The lowest BCUT2D eigenvalue weighted by Crippen LogP contribution is -2.48. The molecule has 1 aliphatic carbocycles. The highest BCUT2D eigenvalue weighted by atomic mass is 16.5. The van der Waals surface area contributed by atoms with Gasteiger partial charge in [0.2, 0.25) is 0 Å². The van der Waals surface area contributed by atoms with Gasteiger partial charge in [0.25, 0.3) is 0 Å². The number of methoxy groups -OCH3 is 2. The number of aliphatic carboxylic acids is 1. The van der Waals surface area contributed by atoms with Gasteiger partial charge >= 0.3 is 5.97 Å². The lowest BCUT2D eigenvalue weighted by atomic mass is 9.57. The maximum Gasteiger partial charge on any atom is 0.306 e. The molecule has 1 aliphatic heterocycles. The molecule has 1 heterocycles. The highest BCUT2D eigenvalue weighted by molar-refractivity contribution is 5.71. The second kappa shape index (κ2) is 6.40. The van der Waals surface area contributed by atoms with Gasteiger partial charge in [-0.05, 0) is 56.3 Å². The molecule has 5 nitrogen and oxygen atoms in total. The van der Waals surface area contributed by atoms with E-state index in [1.807, 2.05) is 18.2 Å². The van der Waals surface area contributed by atoms with Crippen LogP contribution in [0.3, 0.4) is 0 Å². The van der Waals surface area contributed by atoms with Gasteiger partial charge in [-0.1, -0.05) is 6.07 Å². The molecule has 5 heteroatoms. The zero-order valence-corrected chi connectivity index (χ0v) is 13.9. The molecule has 1 aromatic carbocycles. The van der Waals surface area contributed by atoms with Crippen molar-refractivity contribution in [1.82, 2.24) is 4.90 Å².